The number of nitriles is 1. The van der Waals surface area contributed by atoms with Crippen LogP contribution in [0.5, 0.6) is 17.2 Å². The molecule has 3 aromatic rings. The van der Waals surface area contributed by atoms with Crippen LogP contribution in [0, 0.1) is 24.2 Å². The fourth-order valence-electron chi connectivity index (χ4n) is 2.87. The fraction of sp³-hybridized carbons (Fsp3) is 0.250. The number of hydrazone groups is 1. The third-order valence-electron chi connectivity index (χ3n) is 4.50. The van der Waals surface area contributed by atoms with Crippen molar-refractivity contribution < 1.29 is 19.4 Å². The molecule has 0 aliphatic rings. The number of thiazole rings is 1. The lowest BCUT2D eigenvalue weighted by molar-refractivity contribution is 0.0958. The first kappa shape index (κ1) is 23.8. The molecule has 0 unspecified atom stereocenters. The minimum Gasteiger partial charge on any atom is -0.504 e. The predicted molar refractivity (Wildman–Crippen MR) is 127 cm³/mol. The summed E-state index contributed by atoms with van der Waals surface area (Å²) in [5.74, 6) is 0.802. The highest BCUT2D eigenvalue weighted by Crippen LogP contribution is 2.31. The Labute approximate surface area is 196 Å². The third kappa shape index (κ3) is 5.87. The molecule has 0 fully saturated rings. The van der Waals surface area contributed by atoms with E-state index in [1.165, 1.54) is 30.7 Å². The summed E-state index contributed by atoms with van der Waals surface area (Å²) in [5, 5.41) is 23.9. The molecule has 0 saturated carbocycles. The van der Waals surface area contributed by atoms with E-state index in [0.29, 0.717) is 50.7 Å². The molecule has 0 spiro atoms. The molecule has 0 bridgehead atoms. The van der Waals surface area contributed by atoms with E-state index in [4.69, 9.17) is 9.47 Å². The van der Waals surface area contributed by atoms with Gasteiger partial charge >= 0.3 is 0 Å². The summed E-state index contributed by atoms with van der Waals surface area (Å²) in [6.45, 7) is 6.34. The number of aromatic nitrogens is 1. The Bertz CT molecular complexity index is 1230. The van der Waals surface area contributed by atoms with Crippen molar-refractivity contribution in [3.8, 4) is 33.9 Å². The lowest BCUT2D eigenvalue weighted by Crippen LogP contribution is -2.17. The molecule has 1 amide bonds. The minimum atomic E-state index is -0.400. The number of carbonyl (C=O) groups is 1. The van der Waals surface area contributed by atoms with Gasteiger partial charge in [0.15, 0.2) is 11.5 Å². The van der Waals surface area contributed by atoms with E-state index in [-0.39, 0.29) is 5.75 Å². The molecule has 1 aromatic heterocycles. The summed E-state index contributed by atoms with van der Waals surface area (Å²) in [6.07, 6.45) is 1.42. The number of benzene rings is 2. The van der Waals surface area contributed by atoms with Gasteiger partial charge in [0.2, 0.25) is 0 Å². The van der Waals surface area contributed by atoms with Crippen LogP contribution in [0.25, 0.3) is 10.6 Å². The van der Waals surface area contributed by atoms with Gasteiger partial charge in [0.05, 0.1) is 31.2 Å². The molecule has 8 nitrogen and oxygen atoms in total. The normalized spacial score (nSPS) is 10.9. The quantitative estimate of drug-likeness (QED) is 0.374. The molecule has 0 aliphatic heterocycles. The van der Waals surface area contributed by atoms with Crippen molar-refractivity contribution in [2.24, 2.45) is 11.0 Å². The number of ether oxygens (including phenoxy) is 2. The number of aryl methyl sites for hydroxylation is 1. The molecule has 0 aliphatic carbocycles. The maximum Gasteiger partial charge on any atom is 0.283 e. The maximum atomic E-state index is 12.6. The van der Waals surface area contributed by atoms with Crippen LogP contribution in [0.2, 0.25) is 0 Å². The van der Waals surface area contributed by atoms with E-state index in [2.05, 4.69) is 21.6 Å². The van der Waals surface area contributed by atoms with Crippen LogP contribution < -0.4 is 14.9 Å². The van der Waals surface area contributed by atoms with Crippen LogP contribution in [0.15, 0.2) is 41.5 Å². The molecule has 0 saturated heterocycles. The Balaban J connectivity index is 1.73. The van der Waals surface area contributed by atoms with Gasteiger partial charge in [-0.05, 0) is 54.8 Å². The monoisotopic (exact) mass is 464 g/mol. The van der Waals surface area contributed by atoms with Crippen LogP contribution >= 0.6 is 11.3 Å². The number of phenolic OH excluding ortho intramolecular Hbond substituents is 1. The zero-order valence-corrected chi connectivity index (χ0v) is 19.6. The van der Waals surface area contributed by atoms with E-state index >= 15 is 0 Å². The predicted octanol–water partition coefficient (Wildman–Crippen LogP) is 4.50. The Hall–Kier alpha value is -3.90. The number of methoxy groups -OCH3 is 1. The first-order valence-electron chi connectivity index (χ1n) is 10.2. The summed E-state index contributed by atoms with van der Waals surface area (Å²) in [6, 6.07) is 12.2. The van der Waals surface area contributed by atoms with Gasteiger partial charge in [0.25, 0.3) is 5.91 Å². The lowest BCUT2D eigenvalue weighted by atomic mass is 10.1. The number of rotatable bonds is 8. The van der Waals surface area contributed by atoms with Crippen molar-refractivity contribution >= 4 is 23.5 Å². The van der Waals surface area contributed by atoms with Crippen molar-refractivity contribution in [3.63, 3.8) is 0 Å². The second-order valence-electron chi connectivity index (χ2n) is 7.59. The minimum absolute atomic E-state index is 0.0203. The molecule has 2 N–H and O–H groups in total. The molecule has 2 aromatic carbocycles. The topological polar surface area (TPSA) is 117 Å². The Morgan fingerprint density at radius 3 is 2.73 bits per heavy atom. The Morgan fingerprint density at radius 1 is 1.30 bits per heavy atom. The van der Waals surface area contributed by atoms with E-state index in [0.717, 1.165) is 5.56 Å². The molecule has 170 valence electrons. The smallest absolute Gasteiger partial charge is 0.283 e. The van der Waals surface area contributed by atoms with Crippen LogP contribution in [-0.2, 0) is 0 Å². The van der Waals surface area contributed by atoms with Gasteiger partial charge in [-0.25, -0.2) is 10.4 Å². The molecule has 0 atom stereocenters. The third-order valence-corrected chi connectivity index (χ3v) is 5.71. The highest BCUT2D eigenvalue weighted by molar-refractivity contribution is 7.17. The highest BCUT2D eigenvalue weighted by Gasteiger charge is 2.17. The van der Waals surface area contributed by atoms with Crippen molar-refractivity contribution in [2.75, 3.05) is 13.7 Å². The Kier molecular flexibility index (Phi) is 7.64. The standard InChI is InChI=1S/C24H24N4O4S/c1-14(2)13-32-20-8-6-17(10-18(20)11-25)24-27-15(3)22(33-24)23(30)28-26-12-16-5-7-21(31-4)19(29)9-16/h5-10,12,14,29H,13H2,1-4H3,(H,28,30)/b26-12+. The lowest BCUT2D eigenvalue weighted by Gasteiger charge is -2.10. The number of phenols is 1. The molecule has 0 radical (unpaired) electrons. The fourth-order valence-corrected chi connectivity index (χ4v) is 3.82. The van der Waals surface area contributed by atoms with Crippen LogP contribution in [0.3, 0.4) is 0 Å². The van der Waals surface area contributed by atoms with E-state index in [9.17, 15) is 15.2 Å². The summed E-state index contributed by atoms with van der Waals surface area (Å²) < 4.78 is 10.7. The average molecular weight is 465 g/mol. The molecule has 1 heterocycles. The maximum absolute atomic E-state index is 12.6. The van der Waals surface area contributed by atoms with Gasteiger partial charge in [-0.1, -0.05) is 13.8 Å². The number of aromatic hydroxyl groups is 1. The summed E-state index contributed by atoms with van der Waals surface area (Å²) in [4.78, 5) is 17.5. The van der Waals surface area contributed by atoms with Gasteiger partial charge < -0.3 is 14.6 Å². The van der Waals surface area contributed by atoms with Crippen molar-refractivity contribution in [1.29, 1.82) is 5.26 Å². The van der Waals surface area contributed by atoms with Gasteiger partial charge in [-0.3, -0.25) is 4.79 Å². The van der Waals surface area contributed by atoms with Crippen molar-refractivity contribution in [1.82, 2.24) is 10.4 Å². The number of hydrogen-bond donors (Lipinski definition) is 2. The summed E-state index contributed by atoms with van der Waals surface area (Å²) >= 11 is 1.21. The van der Waals surface area contributed by atoms with Gasteiger partial charge in [0.1, 0.15) is 21.7 Å². The van der Waals surface area contributed by atoms with Gasteiger partial charge in [-0.15, -0.1) is 11.3 Å². The zero-order valence-electron chi connectivity index (χ0n) is 18.7. The van der Waals surface area contributed by atoms with Crippen LogP contribution in [0.1, 0.15) is 40.3 Å². The van der Waals surface area contributed by atoms with E-state index in [1.54, 1.807) is 31.2 Å². The molecule has 33 heavy (non-hydrogen) atoms. The number of nitrogens with zero attached hydrogens (tertiary/aromatic N) is 3. The first-order valence-corrected chi connectivity index (χ1v) is 11.0. The van der Waals surface area contributed by atoms with Gasteiger partial charge in [-0.2, -0.15) is 10.4 Å². The second kappa shape index (κ2) is 10.6. The molecular weight excluding hydrogens is 440 g/mol. The second-order valence-corrected chi connectivity index (χ2v) is 8.59. The van der Waals surface area contributed by atoms with Crippen LogP contribution in [-0.4, -0.2) is 35.9 Å². The van der Waals surface area contributed by atoms with Crippen molar-refractivity contribution in [2.45, 2.75) is 20.8 Å². The largest absolute Gasteiger partial charge is 0.504 e. The number of nitrogens with one attached hydrogen (secondary N) is 1. The van der Waals surface area contributed by atoms with E-state index < -0.39 is 5.91 Å². The van der Waals surface area contributed by atoms with E-state index in [1.807, 2.05) is 19.9 Å². The number of carbonyl (C=O) groups excluding carboxylic acids is 1. The first-order chi connectivity index (χ1) is 15.8. The molecule has 9 heteroatoms. The average Bonchev–Trinajstić information content (AvgIpc) is 3.19. The SMILES string of the molecule is COc1ccc(/C=N/NC(=O)c2sc(-c3ccc(OCC(C)C)c(C#N)c3)nc2C)cc1O. The highest BCUT2D eigenvalue weighted by atomic mass is 32.1. The number of hydrogen-bond acceptors (Lipinski definition) is 8. The molecule has 3 rings (SSSR count). The summed E-state index contributed by atoms with van der Waals surface area (Å²) in [7, 11) is 1.46. The van der Waals surface area contributed by atoms with Gasteiger partial charge in [0, 0.05) is 5.56 Å². The van der Waals surface area contributed by atoms with Crippen LogP contribution in [0.4, 0.5) is 0 Å². The number of amides is 1. The molecular formula is C24H24N4O4S. The zero-order chi connectivity index (χ0) is 24.0. The summed E-state index contributed by atoms with van der Waals surface area (Å²) in [5.41, 5.74) is 4.78. The van der Waals surface area contributed by atoms with Crippen molar-refractivity contribution in [3.05, 3.63) is 58.1 Å². The Morgan fingerprint density at radius 2 is 2.06 bits per heavy atom.